The Labute approximate surface area is 207 Å². The molecule has 8 heteroatoms. The van der Waals surface area contributed by atoms with Crippen LogP contribution < -0.4 is 13.9 Å². The number of hydrogen-bond donors (Lipinski definition) is 0. The molecule has 184 valence electrons. The van der Waals surface area contributed by atoms with Crippen molar-refractivity contribution in [3.8, 4) is 5.75 Å². The summed E-state index contributed by atoms with van der Waals surface area (Å²) < 4.78 is 34.4. The second-order valence-electron chi connectivity index (χ2n) is 8.71. The summed E-state index contributed by atoms with van der Waals surface area (Å²) in [6, 6.07) is 22.3. The van der Waals surface area contributed by atoms with Gasteiger partial charge in [-0.15, -0.1) is 0 Å². The van der Waals surface area contributed by atoms with Crippen molar-refractivity contribution in [3.05, 3.63) is 83.9 Å². The number of methoxy groups -OCH3 is 1. The molecule has 3 aromatic rings. The monoisotopic (exact) mass is 493 g/mol. The number of ether oxygens (including phenoxy) is 1. The van der Waals surface area contributed by atoms with Gasteiger partial charge in [0.25, 0.3) is 10.0 Å². The Morgan fingerprint density at radius 1 is 0.886 bits per heavy atom. The van der Waals surface area contributed by atoms with Crippen LogP contribution in [0.2, 0.25) is 0 Å². The van der Waals surface area contributed by atoms with Crippen molar-refractivity contribution in [2.45, 2.75) is 18.7 Å². The van der Waals surface area contributed by atoms with Gasteiger partial charge in [-0.3, -0.25) is 9.10 Å². The number of hydrogen-bond acceptors (Lipinski definition) is 5. The maximum Gasteiger partial charge on any atom is 0.268 e. The fourth-order valence-corrected chi connectivity index (χ4v) is 5.93. The number of aryl methyl sites for hydroxylation is 2. The maximum atomic E-state index is 13.9. The van der Waals surface area contributed by atoms with Crippen molar-refractivity contribution >= 4 is 27.3 Å². The van der Waals surface area contributed by atoms with Gasteiger partial charge in [0, 0.05) is 31.9 Å². The highest BCUT2D eigenvalue weighted by Crippen LogP contribution is 2.31. The van der Waals surface area contributed by atoms with Crippen LogP contribution >= 0.6 is 0 Å². The minimum absolute atomic E-state index is 0.0446. The molecule has 1 heterocycles. The van der Waals surface area contributed by atoms with Gasteiger partial charge in [-0.2, -0.15) is 0 Å². The van der Waals surface area contributed by atoms with Gasteiger partial charge in [-0.1, -0.05) is 36.4 Å². The van der Waals surface area contributed by atoms with Gasteiger partial charge in [-0.05, 0) is 61.4 Å². The second-order valence-corrected chi connectivity index (χ2v) is 10.5. The Morgan fingerprint density at radius 2 is 1.57 bits per heavy atom. The van der Waals surface area contributed by atoms with E-state index in [1.54, 1.807) is 41.3 Å². The highest BCUT2D eigenvalue weighted by atomic mass is 32.2. The van der Waals surface area contributed by atoms with Crippen LogP contribution in [0.25, 0.3) is 0 Å². The van der Waals surface area contributed by atoms with Crippen molar-refractivity contribution < 1.29 is 17.9 Å². The normalized spacial score (nSPS) is 14.0. The largest absolute Gasteiger partial charge is 0.495 e. The zero-order valence-corrected chi connectivity index (χ0v) is 21.2. The first-order valence-electron chi connectivity index (χ1n) is 11.6. The van der Waals surface area contributed by atoms with Gasteiger partial charge in [0.15, 0.2) is 0 Å². The van der Waals surface area contributed by atoms with E-state index in [0.717, 1.165) is 16.8 Å². The lowest BCUT2D eigenvalue weighted by Crippen LogP contribution is -2.52. The fourth-order valence-electron chi connectivity index (χ4n) is 4.28. The Hall–Kier alpha value is -3.52. The van der Waals surface area contributed by atoms with Crippen LogP contribution in [0.3, 0.4) is 0 Å². The van der Waals surface area contributed by atoms with Crippen LogP contribution in [0.4, 0.5) is 11.4 Å². The molecule has 35 heavy (non-hydrogen) atoms. The summed E-state index contributed by atoms with van der Waals surface area (Å²) in [6.07, 6.45) is 0. The lowest BCUT2D eigenvalue weighted by molar-refractivity contribution is -0.129. The summed E-state index contributed by atoms with van der Waals surface area (Å²) in [5, 5.41) is 0. The van der Waals surface area contributed by atoms with E-state index in [0.29, 0.717) is 31.9 Å². The van der Waals surface area contributed by atoms with Crippen molar-refractivity contribution in [1.82, 2.24) is 4.90 Å². The number of amides is 1. The van der Waals surface area contributed by atoms with E-state index in [1.807, 2.05) is 38.1 Å². The average molecular weight is 494 g/mol. The molecule has 1 saturated heterocycles. The molecule has 0 spiro atoms. The number of piperazine rings is 1. The first-order chi connectivity index (χ1) is 16.8. The summed E-state index contributed by atoms with van der Waals surface area (Å²) >= 11 is 0. The van der Waals surface area contributed by atoms with Crippen LogP contribution in [0.15, 0.2) is 77.7 Å². The van der Waals surface area contributed by atoms with E-state index in [1.165, 1.54) is 11.4 Å². The Kier molecular flexibility index (Phi) is 7.31. The number of sulfonamides is 1. The fraction of sp³-hybridized carbons (Fsp3) is 0.296. The third-order valence-corrected chi connectivity index (χ3v) is 8.00. The van der Waals surface area contributed by atoms with Crippen LogP contribution in [0.1, 0.15) is 11.1 Å². The Morgan fingerprint density at radius 3 is 2.23 bits per heavy atom. The summed E-state index contributed by atoms with van der Waals surface area (Å²) in [5.41, 5.74) is 3.26. The van der Waals surface area contributed by atoms with E-state index in [9.17, 15) is 13.2 Å². The summed E-state index contributed by atoms with van der Waals surface area (Å²) in [4.78, 5) is 17.4. The van der Waals surface area contributed by atoms with E-state index in [4.69, 9.17) is 4.74 Å². The zero-order valence-electron chi connectivity index (χ0n) is 20.3. The van der Waals surface area contributed by atoms with Crippen molar-refractivity contribution in [2.75, 3.05) is 49.0 Å². The first-order valence-corrected chi connectivity index (χ1v) is 13.1. The van der Waals surface area contributed by atoms with E-state index >= 15 is 0 Å². The third-order valence-electron chi connectivity index (χ3n) is 6.21. The minimum atomic E-state index is -4.07. The van der Waals surface area contributed by atoms with Gasteiger partial charge in [0.05, 0.1) is 12.8 Å². The second kappa shape index (κ2) is 10.4. The molecule has 4 rings (SSSR count). The third kappa shape index (κ3) is 5.43. The standard InChI is InChI=1S/C27H31N3O4S/c1-21-8-7-11-24(18-21)30(35(32,33)26-19-22(2)12-13-25(26)34-3)20-27(31)29-16-14-28(15-17-29)23-9-5-4-6-10-23/h4-13,18-19H,14-17,20H2,1-3H3. The van der Waals surface area contributed by atoms with Gasteiger partial charge in [0.2, 0.25) is 5.91 Å². The van der Waals surface area contributed by atoms with E-state index < -0.39 is 10.0 Å². The summed E-state index contributed by atoms with van der Waals surface area (Å²) in [7, 11) is -2.63. The highest BCUT2D eigenvalue weighted by molar-refractivity contribution is 7.93. The topological polar surface area (TPSA) is 70.2 Å². The lowest BCUT2D eigenvalue weighted by Gasteiger charge is -2.37. The summed E-state index contributed by atoms with van der Waals surface area (Å²) in [6.45, 7) is 5.89. The number of rotatable bonds is 7. The number of carbonyl (C=O) groups is 1. The van der Waals surface area contributed by atoms with Crippen molar-refractivity contribution in [2.24, 2.45) is 0 Å². The summed E-state index contributed by atoms with van der Waals surface area (Å²) in [5.74, 6) is 0.0200. The number of para-hydroxylation sites is 1. The average Bonchev–Trinajstić information content (AvgIpc) is 2.87. The molecule has 0 saturated carbocycles. The van der Waals surface area contributed by atoms with E-state index in [2.05, 4.69) is 17.0 Å². The zero-order chi connectivity index (χ0) is 25.0. The van der Waals surface area contributed by atoms with Gasteiger partial charge >= 0.3 is 0 Å². The van der Waals surface area contributed by atoms with E-state index in [-0.39, 0.29) is 23.1 Å². The first kappa shape index (κ1) is 24.6. The molecule has 0 unspecified atom stereocenters. The molecule has 0 radical (unpaired) electrons. The predicted octanol–water partition coefficient (Wildman–Crippen LogP) is 3.86. The molecule has 3 aromatic carbocycles. The molecule has 0 atom stereocenters. The predicted molar refractivity (Wildman–Crippen MR) is 139 cm³/mol. The molecule has 0 bridgehead atoms. The number of nitrogens with zero attached hydrogens (tertiary/aromatic N) is 3. The number of carbonyl (C=O) groups excluding carboxylic acids is 1. The number of anilines is 2. The van der Waals surface area contributed by atoms with Crippen LogP contribution in [-0.4, -0.2) is 59.1 Å². The molecule has 0 N–H and O–H groups in total. The molecule has 0 aromatic heterocycles. The maximum absolute atomic E-state index is 13.9. The molecule has 1 amide bonds. The molecule has 0 aliphatic carbocycles. The molecular weight excluding hydrogens is 462 g/mol. The molecule has 1 aliphatic rings. The molecule has 1 aliphatic heterocycles. The minimum Gasteiger partial charge on any atom is -0.495 e. The lowest BCUT2D eigenvalue weighted by atomic mass is 10.2. The Balaban J connectivity index is 1.60. The smallest absolute Gasteiger partial charge is 0.268 e. The van der Waals surface area contributed by atoms with Crippen LogP contribution in [0.5, 0.6) is 5.75 Å². The highest BCUT2D eigenvalue weighted by Gasteiger charge is 2.32. The van der Waals surface area contributed by atoms with Crippen molar-refractivity contribution in [1.29, 1.82) is 0 Å². The Bertz CT molecular complexity index is 1290. The van der Waals surface area contributed by atoms with Gasteiger partial charge < -0.3 is 14.5 Å². The molecular formula is C27H31N3O4S. The van der Waals surface area contributed by atoms with Crippen molar-refractivity contribution in [3.63, 3.8) is 0 Å². The van der Waals surface area contributed by atoms with Crippen LogP contribution in [0, 0.1) is 13.8 Å². The quantitative estimate of drug-likeness (QED) is 0.500. The SMILES string of the molecule is COc1ccc(C)cc1S(=O)(=O)N(CC(=O)N1CCN(c2ccccc2)CC1)c1cccc(C)c1. The molecule has 7 nitrogen and oxygen atoms in total. The van der Waals surface area contributed by atoms with Crippen LogP contribution in [-0.2, 0) is 14.8 Å². The van der Waals surface area contributed by atoms with Gasteiger partial charge in [0.1, 0.15) is 17.2 Å². The van der Waals surface area contributed by atoms with Gasteiger partial charge in [-0.25, -0.2) is 8.42 Å². The number of benzene rings is 3. The molecule has 1 fully saturated rings.